The van der Waals surface area contributed by atoms with Gasteiger partial charge in [-0.2, -0.15) is 0 Å². The van der Waals surface area contributed by atoms with Crippen LogP contribution >= 0.6 is 0 Å². The molecule has 0 saturated carbocycles. The van der Waals surface area contributed by atoms with Crippen molar-refractivity contribution in [1.82, 2.24) is 0 Å². The first-order valence-corrected chi connectivity index (χ1v) is 8.77. The largest absolute Gasteiger partial charge is 0.448 e. The minimum atomic E-state index is -0.795. The number of benzene rings is 3. The van der Waals surface area contributed by atoms with Gasteiger partial charge in [0.25, 0.3) is 5.91 Å². The van der Waals surface area contributed by atoms with E-state index in [9.17, 15) is 9.59 Å². The highest BCUT2D eigenvalue weighted by atomic mass is 16.5. The summed E-state index contributed by atoms with van der Waals surface area (Å²) in [6, 6.07) is 21.1. The Balaban J connectivity index is 1.69. The van der Waals surface area contributed by atoms with E-state index in [0.717, 1.165) is 22.0 Å². The summed E-state index contributed by atoms with van der Waals surface area (Å²) in [5.74, 6) is -0.620. The third-order valence-corrected chi connectivity index (χ3v) is 4.81. The summed E-state index contributed by atoms with van der Waals surface area (Å²) in [6.45, 7) is 2.43. The Morgan fingerprint density at radius 2 is 1.77 bits per heavy atom. The van der Waals surface area contributed by atoms with Gasteiger partial charge in [0.2, 0.25) is 0 Å². The van der Waals surface area contributed by atoms with Crippen molar-refractivity contribution < 1.29 is 14.3 Å². The van der Waals surface area contributed by atoms with Gasteiger partial charge in [0.05, 0.1) is 11.3 Å². The van der Waals surface area contributed by atoms with E-state index in [1.54, 1.807) is 17.0 Å². The highest BCUT2D eigenvalue weighted by Crippen LogP contribution is 2.29. The fourth-order valence-corrected chi connectivity index (χ4v) is 3.53. The van der Waals surface area contributed by atoms with Crippen molar-refractivity contribution in [3.8, 4) is 0 Å². The lowest BCUT2D eigenvalue weighted by atomic mass is 9.97. The van der Waals surface area contributed by atoms with Gasteiger partial charge in [-0.3, -0.25) is 4.79 Å². The number of carbonyl (C=O) groups is 2. The minimum Gasteiger partial charge on any atom is -0.448 e. The monoisotopic (exact) mass is 345 g/mol. The van der Waals surface area contributed by atoms with E-state index in [2.05, 4.69) is 0 Å². The molecule has 1 unspecified atom stereocenters. The minimum absolute atomic E-state index is 0.188. The maximum atomic E-state index is 13.2. The van der Waals surface area contributed by atoms with E-state index in [4.69, 9.17) is 4.74 Å². The van der Waals surface area contributed by atoms with Crippen LogP contribution in [-0.2, 0) is 16.0 Å². The number of carbonyl (C=O) groups excluding carboxylic acids is 2. The van der Waals surface area contributed by atoms with Crippen molar-refractivity contribution in [2.24, 2.45) is 0 Å². The fourth-order valence-electron chi connectivity index (χ4n) is 3.53. The zero-order valence-electron chi connectivity index (χ0n) is 14.5. The molecule has 130 valence electrons. The zero-order chi connectivity index (χ0) is 18.1. The van der Waals surface area contributed by atoms with E-state index in [0.29, 0.717) is 18.5 Å². The third-order valence-electron chi connectivity index (χ3n) is 4.81. The SMILES string of the molecule is CCN(C(=O)C1Cc2ccccc2C(=O)O1)c1cccc2ccccc12. The number of cyclic esters (lactones) is 1. The van der Waals surface area contributed by atoms with Crippen LogP contribution in [0.1, 0.15) is 22.8 Å². The Hall–Kier alpha value is -3.14. The molecule has 3 aromatic carbocycles. The van der Waals surface area contributed by atoms with Crippen LogP contribution in [0.4, 0.5) is 5.69 Å². The first-order valence-electron chi connectivity index (χ1n) is 8.77. The summed E-state index contributed by atoms with van der Waals surface area (Å²) in [5.41, 5.74) is 2.24. The maximum Gasteiger partial charge on any atom is 0.339 e. The molecule has 0 spiro atoms. The number of esters is 1. The van der Waals surface area contributed by atoms with Gasteiger partial charge in [-0.05, 0) is 30.0 Å². The molecule has 1 aliphatic rings. The lowest BCUT2D eigenvalue weighted by molar-refractivity contribution is -0.127. The van der Waals surface area contributed by atoms with Crippen molar-refractivity contribution in [2.75, 3.05) is 11.4 Å². The molecule has 4 nitrogen and oxygen atoms in total. The second-order valence-electron chi connectivity index (χ2n) is 6.34. The molecule has 4 heteroatoms. The highest BCUT2D eigenvalue weighted by Gasteiger charge is 2.34. The van der Waals surface area contributed by atoms with Crippen molar-refractivity contribution in [3.63, 3.8) is 0 Å². The van der Waals surface area contributed by atoms with E-state index >= 15 is 0 Å². The molecule has 0 aromatic heterocycles. The van der Waals surface area contributed by atoms with Crippen LogP contribution in [0.5, 0.6) is 0 Å². The standard InChI is InChI=1S/C22H19NO3/c1-2-23(19-13-7-10-15-8-3-5-11-17(15)19)21(24)20-14-16-9-4-6-12-18(16)22(25)26-20/h3-13,20H,2,14H2,1H3. The van der Waals surface area contributed by atoms with E-state index in [1.807, 2.05) is 61.5 Å². The number of hydrogen-bond donors (Lipinski definition) is 0. The predicted octanol–water partition coefficient (Wildman–Crippen LogP) is 3.97. The van der Waals surface area contributed by atoms with E-state index < -0.39 is 12.1 Å². The van der Waals surface area contributed by atoms with Crippen molar-refractivity contribution in [3.05, 3.63) is 77.9 Å². The summed E-state index contributed by atoms with van der Waals surface area (Å²) in [5, 5.41) is 2.08. The molecule has 1 amide bonds. The van der Waals surface area contributed by atoms with Crippen LogP contribution in [0.2, 0.25) is 0 Å². The van der Waals surface area contributed by atoms with Gasteiger partial charge in [0, 0.05) is 18.4 Å². The molecule has 0 bridgehead atoms. The molecule has 3 aromatic rings. The van der Waals surface area contributed by atoms with Gasteiger partial charge in [-0.25, -0.2) is 4.79 Å². The number of anilines is 1. The van der Waals surface area contributed by atoms with Crippen LogP contribution < -0.4 is 4.90 Å². The number of nitrogens with zero attached hydrogens (tertiary/aromatic N) is 1. The Kier molecular flexibility index (Phi) is 4.17. The van der Waals surface area contributed by atoms with E-state index in [1.165, 1.54) is 0 Å². The Morgan fingerprint density at radius 1 is 1.04 bits per heavy atom. The number of rotatable bonds is 3. The van der Waals surface area contributed by atoms with Crippen molar-refractivity contribution >= 4 is 28.3 Å². The molecule has 0 radical (unpaired) electrons. The van der Waals surface area contributed by atoms with Crippen LogP contribution in [0.15, 0.2) is 66.7 Å². The number of amides is 1. The molecule has 0 aliphatic carbocycles. The molecule has 0 fully saturated rings. The first-order chi connectivity index (χ1) is 12.7. The molecular formula is C22H19NO3. The summed E-state index contributed by atoms with van der Waals surface area (Å²) < 4.78 is 5.46. The van der Waals surface area contributed by atoms with Gasteiger partial charge >= 0.3 is 5.97 Å². The molecule has 1 atom stereocenters. The van der Waals surface area contributed by atoms with Gasteiger partial charge in [0.1, 0.15) is 0 Å². The lowest BCUT2D eigenvalue weighted by Crippen LogP contribution is -2.44. The summed E-state index contributed by atoms with van der Waals surface area (Å²) in [6.07, 6.45) is -0.390. The van der Waals surface area contributed by atoms with Crippen LogP contribution in [0, 0.1) is 0 Å². The van der Waals surface area contributed by atoms with Crippen LogP contribution in [0.3, 0.4) is 0 Å². The van der Waals surface area contributed by atoms with Gasteiger partial charge in [-0.1, -0.05) is 54.6 Å². The summed E-state index contributed by atoms with van der Waals surface area (Å²) >= 11 is 0. The average molecular weight is 345 g/mol. The van der Waals surface area contributed by atoms with E-state index in [-0.39, 0.29) is 5.91 Å². The number of hydrogen-bond acceptors (Lipinski definition) is 3. The number of ether oxygens (including phenoxy) is 1. The quantitative estimate of drug-likeness (QED) is 0.675. The third kappa shape index (κ3) is 2.73. The molecule has 0 N–H and O–H groups in total. The summed E-state index contributed by atoms with van der Waals surface area (Å²) in [4.78, 5) is 27.1. The average Bonchev–Trinajstić information content (AvgIpc) is 2.68. The van der Waals surface area contributed by atoms with Crippen LogP contribution in [-0.4, -0.2) is 24.5 Å². The Labute approximate surface area is 152 Å². The molecule has 1 aliphatic heterocycles. The Bertz CT molecular complexity index is 990. The van der Waals surface area contributed by atoms with Gasteiger partial charge in [-0.15, -0.1) is 0 Å². The molecule has 0 saturated heterocycles. The van der Waals surface area contributed by atoms with Crippen LogP contribution in [0.25, 0.3) is 10.8 Å². The fraction of sp³-hybridized carbons (Fsp3) is 0.182. The Morgan fingerprint density at radius 3 is 2.62 bits per heavy atom. The molecular weight excluding hydrogens is 326 g/mol. The summed E-state index contributed by atoms with van der Waals surface area (Å²) in [7, 11) is 0. The zero-order valence-corrected chi connectivity index (χ0v) is 14.5. The molecule has 1 heterocycles. The second-order valence-corrected chi connectivity index (χ2v) is 6.34. The smallest absolute Gasteiger partial charge is 0.339 e. The second kappa shape index (κ2) is 6.64. The maximum absolute atomic E-state index is 13.2. The van der Waals surface area contributed by atoms with Crippen molar-refractivity contribution in [2.45, 2.75) is 19.4 Å². The van der Waals surface area contributed by atoms with Gasteiger partial charge in [0.15, 0.2) is 6.10 Å². The lowest BCUT2D eigenvalue weighted by Gasteiger charge is -2.30. The molecule has 4 rings (SSSR count). The number of likely N-dealkylation sites (N-methyl/N-ethyl adjacent to an activating group) is 1. The normalized spacial score (nSPS) is 16.0. The van der Waals surface area contributed by atoms with Gasteiger partial charge < -0.3 is 9.64 Å². The number of fused-ring (bicyclic) bond motifs is 2. The predicted molar refractivity (Wildman–Crippen MR) is 101 cm³/mol. The highest BCUT2D eigenvalue weighted by molar-refractivity contribution is 6.06. The topological polar surface area (TPSA) is 46.6 Å². The van der Waals surface area contributed by atoms with Crippen molar-refractivity contribution in [1.29, 1.82) is 0 Å². The first kappa shape index (κ1) is 16.3. The molecule has 26 heavy (non-hydrogen) atoms.